The Balaban J connectivity index is 1.62. The molecule has 1 aromatic carbocycles. The van der Waals surface area contributed by atoms with E-state index in [2.05, 4.69) is 30.2 Å². The Morgan fingerprint density at radius 2 is 2.04 bits per heavy atom. The van der Waals surface area contributed by atoms with Crippen LogP contribution in [0.1, 0.15) is 34.8 Å². The maximum absolute atomic E-state index is 12.8. The van der Waals surface area contributed by atoms with Gasteiger partial charge in [-0.1, -0.05) is 25.5 Å². The van der Waals surface area contributed by atoms with Gasteiger partial charge in [0.2, 0.25) is 0 Å². The second-order valence-corrected chi connectivity index (χ2v) is 7.19. The van der Waals surface area contributed by atoms with Crippen molar-refractivity contribution in [1.29, 1.82) is 5.26 Å². The van der Waals surface area contributed by atoms with Crippen LogP contribution in [0.5, 0.6) is 11.5 Å². The summed E-state index contributed by atoms with van der Waals surface area (Å²) in [5, 5.41) is 13.3. The molecule has 1 aliphatic rings. The van der Waals surface area contributed by atoms with E-state index in [9.17, 15) is 4.79 Å². The first kappa shape index (κ1) is 18.1. The molecule has 6 heteroatoms. The number of likely N-dealkylation sites (tertiary alicyclic amines) is 1. The highest BCUT2D eigenvalue weighted by molar-refractivity contribution is 5.98. The Hall–Kier alpha value is -3.33. The summed E-state index contributed by atoms with van der Waals surface area (Å²) in [6.45, 7) is 5.04. The third kappa shape index (κ3) is 3.20. The van der Waals surface area contributed by atoms with Crippen LogP contribution in [0.3, 0.4) is 0 Å². The maximum atomic E-state index is 12.8. The van der Waals surface area contributed by atoms with E-state index < -0.39 is 0 Å². The van der Waals surface area contributed by atoms with Crippen LogP contribution in [-0.2, 0) is 6.42 Å². The fourth-order valence-corrected chi connectivity index (χ4v) is 3.56. The van der Waals surface area contributed by atoms with E-state index in [1.54, 1.807) is 21.8 Å². The lowest BCUT2D eigenvalue weighted by Crippen LogP contribution is -2.49. The topological polar surface area (TPSA) is 70.6 Å². The molecule has 0 radical (unpaired) electrons. The lowest BCUT2D eigenvalue weighted by atomic mass is 10.0. The number of benzene rings is 1. The number of rotatable bonds is 5. The molecule has 0 spiro atoms. The van der Waals surface area contributed by atoms with Crippen molar-refractivity contribution in [3.05, 3.63) is 59.4 Å². The van der Waals surface area contributed by atoms with E-state index >= 15 is 0 Å². The summed E-state index contributed by atoms with van der Waals surface area (Å²) >= 11 is 0. The zero-order valence-electron chi connectivity index (χ0n) is 16.1. The number of aryl methyl sites for hydroxylation is 2. The molecule has 1 aliphatic heterocycles. The molecule has 0 saturated carbocycles. The summed E-state index contributed by atoms with van der Waals surface area (Å²) in [6.07, 6.45) is 5.56. The van der Waals surface area contributed by atoms with Crippen LogP contribution in [0, 0.1) is 24.2 Å². The van der Waals surface area contributed by atoms with Crippen LogP contribution in [0.15, 0.2) is 42.7 Å². The molecule has 142 valence electrons. The van der Waals surface area contributed by atoms with Crippen molar-refractivity contribution < 1.29 is 9.53 Å². The number of fused-ring (bicyclic) bond motifs is 1. The molecule has 1 amide bonds. The van der Waals surface area contributed by atoms with E-state index in [0.717, 1.165) is 29.7 Å². The van der Waals surface area contributed by atoms with Gasteiger partial charge in [-0.25, -0.2) is 4.52 Å². The number of hydrogen-bond donors (Lipinski definition) is 0. The highest BCUT2D eigenvalue weighted by Gasteiger charge is 2.32. The summed E-state index contributed by atoms with van der Waals surface area (Å²) in [5.41, 5.74) is 3.49. The minimum atomic E-state index is -0.0654. The highest BCUT2D eigenvalue weighted by atomic mass is 16.5. The molecule has 2 aromatic heterocycles. The number of nitrogens with zero attached hydrogens (tertiary/aromatic N) is 4. The van der Waals surface area contributed by atoms with Crippen LogP contribution in [-0.4, -0.2) is 33.5 Å². The third-order valence-corrected chi connectivity index (χ3v) is 5.16. The molecular formula is C22H22N4O2. The van der Waals surface area contributed by atoms with Crippen LogP contribution >= 0.6 is 0 Å². The van der Waals surface area contributed by atoms with Crippen LogP contribution in [0.25, 0.3) is 5.52 Å². The summed E-state index contributed by atoms with van der Waals surface area (Å²) in [5.74, 6) is 1.28. The molecule has 4 rings (SSSR count). The van der Waals surface area contributed by atoms with Gasteiger partial charge in [0, 0.05) is 25.4 Å². The molecule has 0 N–H and O–H groups in total. The van der Waals surface area contributed by atoms with Gasteiger partial charge in [-0.15, -0.1) is 0 Å². The van der Waals surface area contributed by atoms with E-state index in [0.29, 0.717) is 24.4 Å². The highest BCUT2D eigenvalue weighted by Crippen LogP contribution is 2.31. The monoisotopic (exact) mass is 374 g/mol. The molecule has 0 bridgehead atoms. The molecular weight excluding hydrogens is 352 g/mol. The quantitative estimate of drug-likeness (QED) is 0.677. The lowest BCUT2D eigenvalue weighted by Gasteiger charge is -2.35. The Labute approximate surface area is 164 Å². The van der Waals surface area contributed by atoms with Gasteiger partial charge >= 0.3 is 0 Å². The number of carbonyl (C=O) groups is 1. The Bertz CT molecular complexity index is 1060. The smallest absolute Gasteiger partial charge is 0.255 e. The number of hydrogen-bond acceptors (Lipinski definition) is 4. The van der Waals surface area contributed by atoms with Crippen LogP contribution < -0.4 is 4.74 Å². The fourth-order valence-electron chi connectivity index (χ4n) is 3.56. The largest absolute Gasteiger partial charge is 0.455 e. The van der Waals surface area contributed by atoms with Gasteiger partial charge < -0.3 is 9.64 Å². The van der Waals surface area contributed by atoms with Crippen molar-refractivity contribution in [3.8, 4) is 17.6 Å². The molecule has 6 nitrogen and oxygen atoms in total. The van der Waals surface area contributed by atoms with Crippen molar-refractivity contribution in [1.82, 2.24) is 14.5 Å². The predicted octanol–water partition coefficient (Wildman–Crippen LogP) is 3.98. The van der Waals surface area contributed by atoms with Crippen molar-refractivity contribution >= 4 is 11.4 Å². The SMILES string of the molecule is CCCc1ccc(Oc2ccnn3cc(C(=O)N4CC(C#N)C4)c(C)c23)cc1. The van der Waals surface area contributed by atoms with Gasteiger partial charge in [-0.2, -0.15) is 10.4 Å². The van der Waals surface area contributed by atoms with Crippen molar-refractivity contribution in [2.75, 3.05) is 13.1 Å². The first-order valence-electron chi connectivity index (χ1n) is 9.53. The Morgan fingerprint density at radius 3 is 2.71 bits per heavy atom. The van der Waals surface area contributed by atoms with E-state index in [-0.39, 0.29) is 11.8 Å². The summed E-state index contributed by atoms with van der Waals surface area (Å²) in [6, 6.07) is 12.1. The van der Waals surface area contributed by atoms with Crippen LogP contribution in [0.4, 0.5) is 0 Å². The second-order valence-electron chi connectivity index (χ2n) is 7.19. The van der Waals surface area contributed by atoms with Gasteiger partial charge in [-0.3, -0.25) is 4.79 Å². The summed E-state index contributed by atoms with van der Waals surface area (Å²) in [4.78, 5) is 14.5. The zero-order valence-corrected chi connectivity index (χ0v) is 16.1. The van der Waals surface area contributed by atoms with E-state index in [4.69, 9.17) is 10.00 Å². The molecule has 1 saturated heterocycles. The number of ether oxygens (including phenoxy) is 1. The maximum Gasteiger partial charge on any atom is 0.255 e. The average molecular weight is 374 g/mol. The second kappa shape index (κ2) is 7.35. The minimum Gasteiger partial charge on any atom is -0.455 e. The molecule has 0 unspecified atom stereocenters. The average Bonchev–Trinajstić information content (AvgIpc) is 3.00. The minimum absolute atomic E-state index is 0.0611. The first-order valence-corrected chi connectivity index (χ1v) is 9.53. The zero-order chi connectivity index (χ0) is 19.7. The Kier molecular flexibility index (Phi) is 4.74. The molecule has 3 aromatic rings. The van der Waals surface area contributed by atoms with Gasteiger partial charge in [0.25, 0.3) is 5.91 Å². The molecule has 3 heterocycles. The van der Waals surface area contributed by atoms with Crippen molar-refractivity contribution in [2.24, 2.45) is 5.92 Å². The fraction of sp³-hybridized carbons (Fsp3) is 0.318. The third-order valence-electron chi connectivity index (χ3n) is 5.16. The summed E-state index contributed by atoms with van der Waals surface area (Å²) < 4.78 is 7.79. The lowest BCUT2D eigenvalue weighted by molar-refractivity contribution is 0.0576. The number of amides is 1. The molecule has 28 heavy (non-hydrogen) atoms. The van der Waals surface area contributed by atoms with Crippen LogP contribution in [0.2, 0.25) is 0 Å². The number of nitriles is 1. The van der Waals surface area contributed by atoms with Gasteiger partial charge in [0.1, 0.15) is 11.3 Å². The summed E-state index contributed by atoms with van der Waals surface area (Å²) in [7, 11) is 0. The van der Waals surface area contributed by atoms with Gasteiger partial charge in [0.15, 0.2) is 5.75 Å². The Morgan fingerprint density at radius 1 is 1.29 bits per heavy atom. The number of aromatic nitrogens is 2. The van der Waals surface area contributed by atoms with E-state index in [1.165, 1.54) is 5.56 Å². The predicted molar refractivity (Wildman–Crippen MR) is 105 cm³/mol. The van der Waals surface area contributed by atoms with E-state index in [1.807, 2.05) is 25.1 Å². The molecule has 0 atom stereocenters. The molecule has 0 aliphatic carbocycles. The van der Waals surface area contributed by atoms with Gasteiger partial charge in [-0.05, 0) is 36.6 Å². The molecule has 1 fully saturated rings. The van der Waals surface area contributed by atoms with Crippen molar-refractivity contribution in [2.45, 2.75) is 26.7 Å². The standard InChI is InChI=1S/C22H22N4O2/c1-3-4-16-5-7-18(8-6-16)28-20-9-10-24-26-14-19(15(2)21(20)26)22(27)25-12-17(11-23)13-25/h5-10,14,17H,3-4,12-13H2,1-2H3. The number of carbonyl (C=O) groups excluding carboxylic acids is 1. The van der Waals surface area contributed by atoms with Crippen molar-refractivity contribution in [3.63, 3.8) is 0 Å². The van der Waals surface area contributed by atoms with Gasteiger partial charge in [0.05, 0.1) is 23.7 Å². The first-order chi connectivity index (χ1) is 13.6. The normalized spacial score (nSPS) is 14.0.